The Morgan fingerprint density at radius 3 is 1.91 bits per heavy atom. The van der Waals surface area contributed by atoms with E-state index in [2.05, 4.69) is 13.0 Å². The predicted molar refractivity (Wildman–Crippen MR) is 140 cm³/mol. The number of carbonyl (C=O) groups is 2. The second-order valence-corrected chi connectivity index (χ2v) is 9.69. The molecule has 0 saturated heterocycles. The first-order chi connectivity index (χ1) is 16.3. The summed E-state index contributed by atoms with van der Waals surface area (Å²) in [5.41, 5.74) is 5.53. The number of ketones is 2. The van der Waals surface area contributed by atoms with E-state index in [-0.39, 0.29) is 17.0 Å². The topological polar surface area (TPSA) is 51.2 Å². The average molecular weight is 463 g/mol. The van der Waals surface area contributed by atoms with Crippen LogP contribution in [0.4, 0.5) is 0 Å². The maximum absolute atomic E-state index is 12.4. The van der Waals surface area contributed by atoms with Crippen LogP contribution in [0, 0.1) is 20.8 Å². The molecule has 1 aliphatic carbocycles. The first-order valence-corrected chi connectivity index (χ1v) is 11.9. The fourth-order valence-corrected chi connectivity index (χ4v) is 5.59. The number of fused-ring (bicyclic) bond motifs is 4. The van der Waals surface area contributed by atoms with Crippen molar-refractivity contribution in [1.82, 2.24) is 0 Å². The van der Waals surface area contributed by atoms with E-state index in [0.717, 1.165) is 31.3 Å². The molecule has 0 unspecified atom stereocenters. The SMILES string of the molecule is Cc1cc(C)c2sc3ccccc3c(=O)c2c1.Cc1ccc2c(c1)C(=O)c1ccccc1C2=O. The highest BCUT2D eigenvalue weighted by molar-refractivity contribution is 7.24. The lowest BCUT2D eigenvalue weighted by Gasteiger charge is -2.17. The van der Waals surface area contributed by atoms with Gasteiger partial charge in [0.25, 0.3) is 0 Å². The molecule has 1 aromatic heterocycles. The highest BCUT2D eigenvalue weighted by atomic mass is 32.1. The van der Waals surface area contributed by atoms with Crippen LogP contribution < -0.4 is 5.43 Å². The maximum Gasteiger partial charge on any atom is 0.195 e. The lowest BCUT2D eigenvalue weighted by Crippen LogP contribution is -2.20. The fraction of sp³-hybridized carbons (Fsp3) is 0.100. The van der Waals surface area contributed by atoms with Crippen molar-refractivity contribution >= 4 is 43.1 Å². The van der Waals surface area contributed by atoms with Gasteiger partial charge in [-0.2, -0.15) is 0 Å². The molecule has 0 N–H and O–H groups in total. The van der Waals surface area contributed by atoms with Gasteiger partial charge in [0.05, 0.1) is 0 Å². The largest absolute Gasteiger partial charge is 0.289 e. The van der Waals surface area contributed by atoms with Crippen LogP contribution >= 0.6 is 11.3 Å². The molecular formula is C30H22O3S. The van der Waals surface area contributed by atoms with E-state index in [4.69, 9.17) is 0 Å². The Morgan fingerprint density at radius 2 is 1.18 bits per heavy atom. The number of hydrogen-bond acceptors (Lipinski definition) is 4. The third-order valence-corrected chi connectivity index (χ3v) is 7.41. The van der Waals surface area contributed by atoms with Gasteiger partial charge in [-0.1, -0.05) is 65.7 Å². The summed E-state index contributed by atoms with van der Waals surface area (Å²) < 4.78 is 2.18. The van der Waals surface area contributed by atoms with Gasteiger partial charge in [0.15, 0.2) is 17.0 Å². The van der Waals surface area contributed by atoms with Gasteiger partial charge in [-0.25, -0.2) is 0 Å². The molecule has 4 aromatic carbocycles. The molecular weight excluding hydrogens is 440 g/mol. The summed E-state index contributed by atoms with van der Waals surface area (Å²) in [6, 6.07) is 24.3. The van der Waals surface area contributed by atoms with Crippen molar-refractivity contribution in [2.75, 3.05) is 0 Å². The van der Waals surface area contributed by atoms with Crippen LogP contribution in [-0.4, -0.2) is 11.6 Å². The standard InChI is InChI=1S/C15H10O2.C15H12OS/c1-9-6-7-12-13(8-9)15(17)11-5-3-2-4-10(11)14(12)16;1-9-7-10(2)15-12(8-9)14(16)11-5-3-4-6-13(11)17-15/h2-8H,1H3;3-8H,1-2H3. The summed E-state index contributed by atoms with van der Waals surface area (Å²) in [5.74, 6) is -0.117. The van der Waals surface area contributed by atoms with Crippen molar-refractivity contribution in [1.29, 1.82) is 0 Å². The van der Waals surface area contributed by atoms with Crippen molar-refractivity contribution in [2.24, 2.45) is 0 Å². The number of benzene rings is 4. The predicted octanol–water partition coefficient (Wildman–Crippen LogP) is 6.80. The number of hydrogen-bond donors (Lipinski definition) is 0. The van der Waals surface area contributed by atoms with Crippen LogP contribution in [-0.2, 0) is 0 Å². The summed E-state index contributed by atoms with van der Waals surface area (Å²) in [6.07, 6.45) is 0. The summed E-state index contributed by atoms with van der Waals surface area (Å²) in [6.45, 7) is 6.02. The summed E-state index contributed by atoms with van der Waals surface area (Å²) in [5, 5.41) is 1.68. The van der Waals surface area contributed by atoms with E-state index in [0.29, 0.717) is 22.3 Å². The Kier molecular flexibility index (Phi) is 5.46. The van der Waals surface area contributed by atoms with Crippen LogP contribution in [0.25, 0.3) is 20.2 Å². The van der Waals surface area contributed by atoms with Gasteiger partial charge in [-0.15, -0.1) is 11.3 Å². The molecule has 0 bridgehead atoms. The van der Waals surface area contributed by atoms with Crippen LogP contribution in [0.2, 0.25) is 0 Å². The monoisotopic (exact) mass is 462 g/mol. The molecule has 0 spiro atoms. The molecule has 166 valence electrons. The van der Waals surface area contributed by atoms with Gasteiger partial charge in [0.1, 0.15) is 0 Å². The summed E-state index contributed by atoms with van der Waals surface area (Å²) in [4.78, 5) is 36.9. The minimum absolute atomic E-state index is 0.0566. The van der Waals surface area contributed by atoms with Crippen molar-refractivity contribution in [3.05, 3.63) is 128 Å². The molecule has 5 aromatic rings. The van der Waals surface area contributed by atoms with Crippen molar-refractivity contribution < 1.29 is 9.59 Å². The third-order valence-electron chi connectivity index (χ3n) is 6.09. The van der Waals surface area contributed by atoms with Gasteiger partial charge in [0.2, 0.25) is 0 Å². The van der Waals surface area contributed by atoms with Crippen molar-refractivity contribution in [3.8, 4) is 0 Å². The van der Waals surface area contributed by atoms with E-state index in [1.807, 2.05) is 50.2 Å². The van der Waals surface area contributed by atoms with E-state index < -0.39 is 0 Å². The Balaban J connectivity index is 0.000000142. The highest BCUT2D eigenvalue weighted by Crippen LogP contribution is 2.29. The second-order valence-electron chi connectivity index (χ2n) is 8.64. The van der Waals surface area contributed by atoms with Crippen LogP contribution in [0.3, 0.4) is 0 Å². The van der Waals surface area contributed by atoms with Gasteiger partial charge in [-0.05, 0) is 50.6 Å². The molecule has 34 heavy (non-hydrogen) atoms. The molecule has 0 aliphatic heterocycles. The van der Waals surface area contributed by atoms with Crippen molar-refractivity contribution in [3.63, 3.8) is 0 Å². The van der Waals surface area contributed by atoms with Gasteiger partial charge in [-0.3, -0.25) is 14.4 Å². The molecule has 3 nitrogen and oxygen atoms in total. The van der Waals surface area contributed by atoms with Crippen LogP contribution in [0.5, 0.6) is 0 Å². The third kappa shape index (κ3) is 3.66. The zero-order valence-corrected chi connectivity index (χ0v) is 20.0. The van der Waals surface area contributed by atoms with Gasteiger partial charge in [0, 0.05) is 42.4 Å². The first kappa shape index (κ1) is 21.9. The van der Waals surface area contributed by atoms with E-state index in [9.17, 15) is 14.4 Å². The van der Waals surface area contributed by atoms with E-state index in [1.165, 1.54) is 5.56 Å². The molecule has 1 aliphatic rings. The minimum atomic E-state index is -0.0600. The quantitative estimate of drug-likeness (QED) is 0.233. The Labute approximate surface area is 201 Å². The lowest BCUT2D eigenvalue weighted by molar-refractivity contribution is 0.0979. The Bertz CT molecular complexity index is 1690. The molecule has 6 rings (SSSR count). The van der Waals surface area contributed by atoms with E-state index in [1.54, 1.807) is 47.7 Å². The molecule has 0 amide bonds. The first-order valence-electron chi connectivity index (χ1n) is 11.1. The van der Waals surface area contributed by atoms with Crippen LogP contribution in [0.1, 0.15) is 48.5 Å². The number of carbonyl (C=O) groups excluding carboxylic acids is 2. The Morgan fingerprint density at radius 1 is 0.559 bits per heavy atom. The van der Waals surface area contributed by atoms with Gasteiger partial charge < -0.3 is 0 Å². The van der Waals surface area contributed by atoms with Crippen molar-refractivity contribution in [2.45, 2.75) is 20.8 Å². The average Bonchev–Trinajstić information content (AvgIpc) is 2.84. The lowest BCUT2D eigenvalue weighted by atomic mass is 9.83. The Hall–Kier alpha value is -3.89. The normalized spacial score (nSPS) is 12.2. The summed E-state index contributed by atoms with van der Waals surface area (Å²) in [7, 11) is 0. The molecule has 4 heteroatoms. The maximum atomic E-state index is 12.4. The minimum Gasteiger partial charge on any atom is -0.289 e. The molecule has 0 saturated carbocycles. The molecule has 0 fully saturated rings. The number of rotatable bonds is 0. The number of aryl methyl sites for hydroxylation is 3. The highest BCUT2D eigenvalue weighted by Gasteiger charge is 2.28. The second kappa shape index (κ2) is 8.47. The summed E-state index contributed by atoms with van der Waals surface area (Å²) >= 11 is 1.70. The fourth-order valence-electron chi connectivity index (χ4n) is 4.47. The van der Waals surface area contributed by atoms with Crippen LogP contribution in [0.15, 0.2) is 83.7 Å². The zero-order chi connectivity index (χ0) is 24.0. The molecule has 0 radical (unpaired) electrons. The van der Waals surface area contributed by atoms with E-state index >= 15 is 0 Å². The van der Waals surface area contributed by atoms with Gasteiger partial charge >= 0.3 is 0 Å². The zero-order valence-electron chi connectivity index (χ0n) is 19.1. The molecule has 0 atom stereocenters. The smallest absolute Gasteiger partial charge is 0.195 e. The molecule has 1 heterocycles.